The molecule has 4 nitrogen and oxygen atoms in total. The second kappa shape index (κ2) is 16.9. The van der Waals surface area contributed by atoms with Crippen molar-refractivity contribution in [3.63, 3.8) is 0 Å². The number of imidazole rings is 1. The van der Waals surface area contributed by atoms with Crippen molar-refractivity contribution in [2.45, 2.75) is 125 Å². The maximum absolute atomic E-state index is 12.5. The van der Waals surface area contributed by atoms with E-state index in [-0.39, 0.29) is 27.6 Å². The van der Waals surface area contributed by atoms with Crippen LogP contribution in [-0.4, -0.2) is 19.6 Å². The number of hydrogen-bond donors (Lipinski definition) is 1. The predicted octanol–water partition coefficient (Wildman–Crippen LogP) is 16.9. The molecule has 0 spiro atoms. The Morgan fingerprint density at radius 1 is 0.585 bits per heavy atom. The number of fused-ring (bicyclic) bond motifs is 1. The van der Waals surface area contributed by atoms with Crippen LogP contribution in [0.15, 0.2) is 133 Å². The van der Waals surface area contributed by atoms with Crippen molar-refractivity contribution >= 4 is 11.0 Å². The number of rotatable bonds is 8. The van der Waals surface area contributed by atoms with E-state index < -0.39 is 48.4 Å². The first kappa shape index (κ1) is 35.1. The van der Waals surface area contributed by atoms with E-state index >= 15 is 0 Å². The number of phenols is 1. The molecule has 0 bridgehead atoms. The molecule has 0 saturated heterocycles. The second-order valence-electron chi connectivity index (χ2n) is 20.9. The minimum atomic E-state index is -2.84. The number of hydrogen-bond acceptors (Lipinski definition) is 3. The van der Waals surface area contributed by atoms with Crippen molar-refractivity contribution in [1.82, 2.24) is 14.5 Å². The minimum absolute atomic E-state index is 0.0233. The highest BCUT2D eigenvalue weighted by molar-refractivity contribution is 5.98. The van der Waals surface area contributed by atoms with Gasteiger partial charge in [0.05, 0.1) is 33.5 Å². The maximum Gasteiger partial charge on any atom is 0.149 e. The largest absolute Gasteiger partial charge is 0.507 e. The SMILES string of the molecule is [2H]c1c([2H])c(C([2H])([2H])[2H])c([2H])c([2H])c1-c1ccnc(-c2cc(-c3cccc4c3nc(-c3cc(C([2H])(C)C)cc(C([2H])(C)C)c3O)n4-c3ccc(C(C)(C)C)cc3-c3ccc(C(C)(C)C)cc3)cc(C(C)(C)C)c2)c1. The van der Waals surface area contributed by atoms with Gasteiger partial charge in [0, 0.05) is 29.7 Å². The van der Waals surface area contributed by atoms with Gasteiger partial charge < -0.3 is 5.11 Å². The lowest BCUT2D eigenvalue weighted by Gasteiger charge is -2.24. The van der Waals surface area contributed by atoms with Crippen molar-refractivity contribution in [1.29, 1.82) is 0 Å². The number of para-hydroxylation sites is 1. The van der Waals surface area contributed by atoms with Gasteiger partial charge in [0.25, 0.3) is 0 Å². The first-order valence-electron chi connectivity index (χ1n) is 27.0. The molecule has 4 heteroatoms. The Kier molecular flexibility index (Phi) is 9.14. The third-order valence-electron chi connectivity index (χ3n) is 12.4. The average Bonchev–Trinajstić information content (AvgIpc) is 3.68. The topological polar surface area (TPSA) is 50.9 Å². The molecule has 0 saturated carbocycles. The first-order chi connectivity index (χ1) is 34.1. The van der Waals surface area contributed by atoms with Gasteiger partial charge in [-0.05, 0) is 133 Å². The van der Waals surface area contributed by atoms with Gasteiger partial charge in [-0.15, -0.1) is 0 Å². The zero-order valence-electron chi connectivity index (χ0n) is 49.2. The van der Waals surface area contributed by atoms with E-state index in [9.17, 15) is 7.85 Å². The van der Waals surface area contributed by atoms with Gasteiger partial charge in [0.1, 0.15) is 11.6 Å². The maximum atomic E-state index is 12.5. The quantitative estimate of drug-likeness (QED) is 0.166. The van der Waals surface area contributed by atoms with Crippen LogP contribution in [0.5, 0.6) is 5.75 Å². The minimum Gasteiger partial charge on any atom is -0.507 e. The van der Waals surface area contributed by atoms with Gasteiger partial charge in [-0.3, -0.25) is 9.55 Å². The fourth-order valence-electron chi connectivity index (χ4n) is 8.37. The first-order valence-corrected chi connectivity index (χ1v) is 22.5. The summed E-state index contributed by atoms with van der Waals surface area (Å²) in [6.07, 6.45) is 1.55. The van der Waals surface area contributed by atoms with Crippen LogP contribution in [0.3, 0.4) is 0 Å². The summed E-state index contributed by atoms with van der Waals surface area (Å²) in [6, 6.07) is 32.3. The standard InChI is InChI=1S/C61H67N3O/c1-37(2)43-33-50(38(3)4)57(65)52(34-43)58-63-56-49(44-30-45(32-48(31-44)61(12,13)14)53-35-42(28-29-62-53)40-20-18-39(5)19-21-40)16-15-17-55(56)64(58)54-27-26-47(60(9,10)11)36-51(54)41-22-24-46(25-23-41)59(6,7)8/h15-38,65H,1-14H3/i5D3,18D,19D,20D,21D,37D,38D. The van der Waals surface area contributed by atoms with Crippen LogP contribution in [0.4, 0.5) is 0 Å². The van der Waals surface area contributed by atoms with Crippen LogP contribution in [-0.2, 0) is 16.2 Å². The van der Waals surface area contributed by atoms with Crippen LogP contribution < -0.4 is 0 Å². The highest BCUT2D eigenvalue weighted by atomic mass is 16.3. The lowest BCUT2D eigenvalue weighted by atomic mass is 9.83. The van der Waals surface area contributed by atoms with Gasteiger partial charge in [0.2, 0.25) is 0 Å². The number of aromatic hydroxyl groups is 1. The zero-order valence-corrected chi connectivity index (χ0v) is 40.2. The number of pyridine rings is 1. The summed E-state index contributed by atoms with van der Waals surface area (Å²) in [4.78, 5) is 10.3. The van der Waals surface area contributed by atoms with Gasteiger partial charge in [-0.2, -0.15) is 0 Å². The van der Waals surface area contributed by atoms with Crippen LogP contribution in [0.25, 0.3) is 72.7 Å². The fraction of sp³-hybridized carbons (Fsp3) is 0.311. The van der Waals surface area contributed by atoms with Crippen molar-refractivity contribution < 1.29 is 17.4 Å². The molecule has 0 radical (unpaired) electrons. The number of aromatic nitrogens is 3. The Morgan fingerprint density at radius 3 is 1.88 bits per heavy atom. The van der Waals surface area contributed by atoms with Crippen LogP contribution in [0.1, 0.15) is 148 Å². The van der Waals surface area contributed by atoms with Gasteiger partial charge in [-0.1, -0.05) is 174 Å². The van der Waals surface area contributed by atoms with E-state index in [1.807, 2.05) is 30.3 Å². The van der Waals surface area contributed by atoms with E-state index in [1.165, 1.54) is 5.56 Å². The van der Waals surface area contributed by atoms with Crippen LogP contribution in [0, 0.1) is 6.85 Å². The summed E-state index contributed by atoms with van der Waals surface area (Å²) >= 11 is 0. The van der Waals surface area contributed by atoms with E-state index in [1.54, 1.807) is 52.1 Å². The Hall–Kier alpha value is -6.26. The highest BCUT2D eigenvalue weighted by Crippen LogP contribution is 2.45. The average molecular weight is 867 g/mol. The molecule has 0 fully saturated rings. The molecule has 8 aromatic rings. The van der Waals surface area contributed by atoms with Crippen molar-refractivity contribution in [3.05, 3.63) is 167 Å². The monoisotopic (exact) mass is 867 g/mol. The van der Waals surface area contributed by atoms with Crippen molar-refractivity contribution in [2.75, 3.05) is 0 Å². The summed E-state index contributed by atoms with van der Waals surface area (Å²) in [5, 5.41) is 12.5. The summed E-state index contributed by atoms with van der Waals surface area (Å²) in [5.41, 5.74) is 10.8. The third-order valence-corrected chi connectivity index (χ3v) is 12.4. The number of phenolic OH excluding ortho intramolecular Hbond substituents is 1. The zero-order chi connectivity index (χ0) is 54.6. The Balaban J connectivity index is 1.45. The molecule has 0 aliphatic heterocycles. The molecule has 65 heavy (non-hydrogen) atoms. The number of benzene rings is 6. The number of nitrogens with zero attached hydrogens (tertiary/aromatic N) is 3. The predicted molar refractivity (Wildman–Crippen MR) is 277 cm³/mol. The molecule has 0 atom stereocenters. The third kappa shape index (κ3) is 9.06. The summed E-state index contributed by atoms with van der Waals surface area (Å²) in [6.45, 7) is 23.8. The molecule has 8 rings (SSSR count). The smallest absolute Gasteiger partial charge is 0.149 e. The van der Waals surface area contributed by atoms with Gasteiger partial charge in [0.15, 0.2) is 0 Å². The Bertz CT molecular complexity index is 3470. The second-order valence-corrected chi connectivity index (χ2v) is 20.9. The molecule has 0 unspecified atom stereocenters. The van der Waals surface area contributed by atoms with E-state index in [0.29, 0.717) is 44.9 Å². The molecule has 6 aromatic carbocycles. The lowest BCUT2D eigenvalue weighted by molar-refractivity contribution is 0.466. The van der Waals surface area contributed by atoms with E-state index in [2.05, 4.69) is 121 Å². The van der Waals surface area contributed by atoms with Gasteiger partial charge >= 0.3 is 0 Å². The highest BCUT2D eigenvalue weighted by Gasteiger charge is 2.27. The summed E-state index contributed by atoms with van der Waals surface area (Å²) in [5.74, 6) is -1.98. The normalized spacial score (nSPS) is 15.0. The van der Waals surface area contributed by atoms with E-state index in [0.717, 1.165) is 44.6 Å². The molecule has 0 amide bonds. The molecule has 2 aromatic heterocycles. The lowest BCUT2D eigenvalue weighted by Crippen LogP contribution is -2.12. The molecule has 0 aliphatic carbocycles. The van der Waals surface area contributed by atoms with Crippen molar-refractivity contribution in [2.24, 2.45) is 0 Å². The van der Waals surface area contributed by atoms with E-state index in [4.69, 9.17) is 19.6 Å². The molecule has 332 valence electrons. The molecule has 2 heterocycles. The molecule has 0 aliphatic rings. The molecular weight excluding hydrogens is 791 g/mol. The fourth-order valence-corrected chi connectivity index (χ4v) is 8.37. The van der Waals surface area contributed by atoms with Crippen LogP contribution >= 0.6 is 0 Å². The van der Waals surface area contributed by atoms with Gasteiger partial charge in [-0.25, -0.2) is 4.98 Å². The summed E-state index contributed by atoms with van der Waals surface area (Å²) < 4.78 is 79.3. The molecular formula is C61H67N3O. The Morgan fingerprint density at radius 2 is 1.25 bits per heavy atom. The van der Waals surface area contributed by atoms with Crippen molar-refractivity contribution in [3.8, 4) is 67.5 Å². The Labute approximate surface area is 401 Å². The molecule has 1 N–H and O–H groups in total. The summed E-state index contributed by atoms with van der Waals surface area (Å²) in [7, 11) is 0. The van der Waals surface area contributed by atoms with Crippen LogP contribution in [0.2, 0.25) is 0 Å².